The van der Waals surface area contributed by atoms with Crippen molar-refractivity contribution in [2.45, 2.75) is 50.7 Å². The summed E-state index contributed by atoms with van der Waals surface area (Å²) in [7, 11) is 1.46. The number of esters is 1. The Bertz CT molecular complexity index is 700. The number of methoxy groups -OCH3 is 1. The normalized spacial score (nSPS) is 27.1. The third kappa shape index (κ3) is 2.86. The summed E-state index contributed by atoms with van der Waals surface area (Å²) in [5, 5.41) is 6.07. The predicted octanol–water partition coefficient (Wildman–Crippen LogP) is 3.10. The zero-order valence-corrected chi connectivity index (χ0v) is 14.5. The van der Waals surface area contributed by atoms with E-state index < -0.39 is 0 Å². The second-order valence-electron chi connectivity index (χ2n) is 6.55. The fraction of sp³-hybridized carbons (Fsp3) is 0.588. The van der Waals surface area contributed by atoms with E-state index in [1.54, 1.807) is 11.3 Å². The molecule has 0 N–H and O–H groups in total. The Morgan fingerprint density at radius 2 is 2.33 bits per heavy atom. The van der Waals surface area contributed by atoms with Crippen LogP contribution in [0.1, 0.15) is 38.0 Å². The number of hydrogen-bond donors (Lipinski definition) is 0. The molecule has 3 heterocycles. The first-order chi connectivity index (χ1) is 11.8. The summed E-state index contributed by atoms with van der Waals surface area (Å²) < 4.78 is 10.5. The van der Waals surface area contributed by atoms with Crippen LogP contribution in [0, 0.1) is 5.92 Å². The van der Waals surface area contributed by atoms with Gasteiger partial charge in [0.1, 0.15) is 6.04 Å². The van der Waals surface area contributed by atoms with Crippen molar-refractivity contribution in [3.8, 4) is 10.7 Å². The van der Waals surface area contributed by atoms with Gasteiger partial charge in [-0.1, -0.05) is 24.1 Å². The smallest absolute Gasteiger partial charge is 0.323 e. The van der Waals surface area contributed by atoms with Crippen LogP contribution in [0.2, 0.25) is 0 Å². The number of fused-ring (bicyclic) bond motifs is 1. The van der Waals surface area contributed by atoms with Gasteiger partial charge in [0.25, 0.3) is 0 Å². The van der Waals surface area contributed by atoms with Crippen molar-refractivity contribution >= 4 is 17.3 Å². The van der Waals surface area contributed by atoms with E-state index >= 15 is 0 Å². The molecule has 0 spiro atoms. The lowest BCUT2D eigenvalue weighted by Crippen LogP contribution is -2.42. The monoisotopic (exact) mass is 347 g/mol. The Morgan fingerprint density at radius 3 is 3.12 bits per heavy atom. The van der Waals surface area contributed by atoms with Crippen molar-refractivity contribution in [3.05, 3.63) is 23.4 Å². The first-order valence-electron chi connectivity index (χ1n) is 8.46. The SMILES string of the molecule is COC(=O)[C@@H]1C[C@H]2CCCC[C@H]2N1Cc1nc(-c2cccs2)no1. The number of hydrogen-bond acceptors (Lipinski definition) is 7. The Labute approximate surface area is 144 Å². The molecule has 2 aromatic heterocycles. The molecule has 4 rings (SSSR count). The average Bonchev–Trinajstić information content (AvgIpc) is 3.34. The molecule has 3 atom stereocenters. The number of aromatic nitrogens is 2. The van der Waals surface area contributed by atoms with Crippen LogP contribution in [0.4, 0.5) is 0 Å². The molecule has 128 valence electrons. The molecule has 0 aromatic carbocycles. The topological polar surface area (TPSA) is 68.5 Å². The van der Waals surface area contributed by atoms with Gasteiger partial charge in [-0.15, -0.1) is 11.3 Å². The Kier molecular flexibility index (Phi) is 4.37. The fourth-order valence-electron chi connectivity index (χ4n) is 4.13. The number of rotatable bonds is 4. The number of carbonyl (C=O) groups is 1. The van der Waals surface area contributed by atoms with E-state index in [4.69, 9.17) is 9.26 Å². The van der Waals surface area contributed by atoms with Crippen molar-refractivity contribution in [2.24, 2.45) is 5.92 Å². The molecule has 1 aliphatic carbocycles. The van der Waals surface area contributed by atoms with Gasteiger partial charge in [0.15, 0.2) is 0 Å². The first-order valence-corrected chi connectivity index (χ1v) is 9.34. The van der Waals surface area contributed by atoms with Gasteiger partial charge >= 0.3 is 5.97 Å². The van der Waals surface area contributed by atoms with Crippen LogP contribution in [0.5, 0.6) is 0 Å². The molecular weight excluding hydrogens is 326 g/mol. The maximum atomic E-state index is 12.2. The maximum absolute atomic E-state index is 12.2. The fourth-order valence-corrected chi connectivity index (χ4v) is 4.78. The van der Waals surface area contributed by atoms with E-state index in [1.807, 2.05) is 17.5 Å². The number of thiophene rings is 1. The highest BCUT2D eigenvalue weighted by Gasteiger charge is 2.46. The standard InChI is InChI=1S/C17H21N3O3S/c1-22-17(21)13-9-11-5-2-3-6-12(11)20(13)10-15-18-16(19-23-15)14-7-4-8-24-14/h4,7-8,11-13H,2-3,5-6,9-10H2,1H3/t11-,12-,13+/m1/s1. The number of nitrogens with zero attached hydrogens (tertiary/aromatic N) is 3. The van der Waals surface area contributed by atoms with Gasteiger partial charge in [-0.2, -0.15) is 4.98 Å². The van der Waals surface area contributed by atoms with Gasteiger partial charge in [0, 0.05) is 6.04 Å². The minimum absolute atomic E-state index is 0.151. The minimum atomic E-state index is -0.194. The molecule has 24 heavy (non-hydrogen) atoms. The summed E-state index contributed by atoms with van der Waals surface area (Å²) in [6.45, 7) is 0.513. The zero-order chi connectivity index (χ0) is 16.5. The first kappa shape index (κ1) is 15.8. The highest BCUT2D eigenvalue weighted by molar-refractivity contribution is 7.13. The quantitative estimate of drug-likeness (QED) is 0.792. The zero-order valence-electron chi connectivity index (χ0n) is 13.7. The van der Waals surface area contributed by atoms with E-state index in [-0.39, 0.29) is 12.0 Å². The molecule has 1 saturated carbocycles. The molecule has 1 aliphatic heterocycles. The predicted molar refractivity (Wildman–Crippen MR) is 89.3 cm³/mol. The van der Waals surface area contributed by atoms with Crippen molar-refractivity contribution in [3.63, 3.8) is 0 Å². The molecule has 2 aromatic rings. The third-order valence-corrected chi connectivity index (χ3v) is 6.09. The number of ether oxygens (including phenoxy) is 1. The molecule has 6 nitrogen and oxygen atoms in total. The van der Waals surface area contributed by atoms with Crippen molar-refractivity contribution in [1.29, 1.82) is 0 Å². The van der Waals surface area contributed by atoms with E-state index in [0.29, 0.717) is 30.2 Å². The number of likely N-dealkylation sites (tertiary alicyclic amines) is 1. The minimum Gasteiger partial charge on any atom is -0.468 e. The van der Waals surface area contributed by atoms with E-state index in [2.05, 4.69) is 15.0 Å². The summed E-state index contributed by atoms with van der Waals surface area (Å²) in [5.74, 6) is 1.61. The molecular formula is C17H21N3O3S. The summed E-state index contributed by atoms with van der Waals surface area (Å²) in [6, 6.07) is 4.17. The average molecular weight is 347 g/mol. The molecule has 1 saturated heterocycles. The maximum Gasteiger partial charge on any atom is 0.323 e. The van der Waals surface area contributed by atoms with Crippen LogP contribution >= 0.6 is 11.3 Å². The number of carbonyl (C=O) groups excluding carboxylic acids is 1. The molecule has 0 unspecified atom stereocenters. The van der Waals surface area contributed by atoms with Crippen LogP contribution in [0.15, 0.2) is 22.0 Å². The Morgan fingerprint density at radius 1 is 1.46 bits per heavy atom. The Hall–Kier alpha value is -1.73. The molecule has 0 amide bonds. The molecule has 2 aliphatic rings. The van der Waals surface area contributed by atoms with E-state index in [1.165, 1.54) is 26.4 Å². The second-order valence-corrected chi connectivity index (χ2v) is 7.50. The van der Waals surface area contributed by atoms with Gasteiger partial charge in [0.2, 0.25) is 11.7 Å². The summed E-state index contributed by atoms with van der Waals surface area (Å²) in [4.78, 5) is 19.9. The van der Waals surface area contributed by atoms with Gasteiger partial charge in [-0.3, -0.25) is 9.69 Å². The van der Waals surface area contributed by atoms with Gasteiger partial charge in [-0.05, 0) is 36.6 Å². The molecule has 7 heteroatoms. The molecule has 0 radical (unpaired) electrons. The summed E-state index contributed by atoms with van der Waals surface area (Å²) >= 11 is 1.59. The van der Waals surface area contributed by atoms with Crippen LogP contribution < -0.4 is 0 Å². The molecule has 0 bridgehead atoms. The summed E-state index contributed by atoms with van der Waals surface area (Å²) in [5.41, 5.74) is 0. The highest BCUT2D eigenvalue weighted by Crippen LogP contribution is 2.40. The van der Waals surface area contributed by atoms with Gasteiger partial charge in [-0.25, -0.2) is 0 Å². The van der Waals surface area contributed by atoms with Crippen molar-refractivity contribution < 1.29 is 14.1 Å². The van der Waals surface area contributed by atoms with Crippen molar-refractivity contribution in [1.82, 2.24) is 15.0 Å². The summed E-state index contributed by atoms with van der Waals surface area (Å²) in [6.07, 6.45) is 5.67. The molecule has 2 fully saturated rings. The lowest BCUT2D eigenvalue weighted by molar-refractivity contribution is -0.146. The van der Waals surface area contributed by atoms with Crippen molar-refractivity contribution in [2.75, 3.05) is 7.11 Å². The lowest BCUT2D eigenvalue weighted by Gasteiger charge is -2.32. The Balaban J connectivity index is 1.55. The van der Waals surface area contributed by atoms with Crippen LogP contribution in [0.3, 0.4) is 0 Å². The van der Waals surface area contributed by atoms with Crippen LogP contribution in [-0.4, -0.2) is 40.2 Å². The van der Waals surface area contributed by atoms with Crippen LogP contribution in [0.25, 0.3) is 10.7 Å². The largest absolute Gasteiger partial charge is 0.468 e. The second kappa shape index (κ2) is 6.64. The van der Waals surface area contributed by atoms with Crippen LogP contribution in [-0.2, 0) is 16.1 Å². The van der Waals surface area contributed by atoms with E-state index in [9.17, 15) is 4.79 Å². The lowest BCUT2D eigenvalue weighted by atomic mass is 9.85. The van der Waals surface area contributed by atoms with Gasteiger partial charge < -0.3 is 9.26 Å². The third-order valence-electron chi connectivity index (χ3n) is 5.22. The highest BCUT2D eigenvalue weighted by atomic mass is 32.1. The van der Waals surface area contributed by atoms with E-state index in [0.717, 1.165) is 17.7 Å². The van der Waals surface area contributed by atoms with Gasteiger partial charge in [0.05, 0.1) is 18.5 Å².